The molecular formula is C25H29BBrF3N2O5. The number of hydrogen-bond donors (Lipinski definition) is 2. The fourth-order valence-corrected chi connectivity index (χ4v) is 4.67. The van der Waals surface area contributed by atoms with Crippen LogP contribution in [0.2, 0.25) is 0 Å². The molecule has 0 saturated heterocycles. The third kappa shape index (κ3) is 6.92. The SMILES string of the molecule is COC(C)c1ncc(B(O)O)cc1-c1c(CC(C)(C)COC(C)=O)c2cc(Br)ccc2n1CC(F)(F)F. The summed E-state index contributed by atoms with van der Waals surface area (Å²) in [5, 5.41) is 20.2. The first-order valence-corrected chi connectivity index (χ1v) is 12.3. The molecule has 0 radical (unpaired) electrons. The Morgan fingerprint density at radius 2 is 1.92 bits per heavy atom. The van der Waals surface area contributed by atoms with Crippen LogP contribution in [0.25, 0.3) is 22.2 Å². The van der Waals surface area contributed by atoms with Crippen molar-refractivity contribution in [1.29, 1.82) is 0 Å². The number of nitrogens with zero attached hydrogens (tertiary/aromatic N) is 2. The van der Waals surface area contributed by atoms with Crippen molar-refractivity contribution in [2.45, 2.75) is 52.9 Å². The Kier molecular flexibility index (Phi) is 8.78. The number of methoxy groups -OCH3 is 1. The molecule has 1 unspecified atom stereocenters. The Morgan fingerprint density at radius 3 is 2.49 bits per heavy atom. The van der Waals surface area contributed by atoms with Gasteiger partial charge in [0.15, 0.2) is 0 Å². The summed E-state index contributed by atoms with van der Waals surface area (Å²) in [4.78, 5) is 15.8. The molecule has 200 valence electrons. The van der Waals surface area contributed by atoms with Gasteiger partial charge >= 0.3 is 19.3 Å². The van der Waals surface area contributed by atoms with Gasteiger partial charge in [-0.2, -0.15) is 13.2 Å². The average molecular weight is 585 g/mol. The van der Waals surface area contributed by atoms with E-state index in [1.165, 1.54) is 30.9 Å². The number of benzene rings is 1. The fraction of sp³-hybridized carbons (Fsp3) is 0.440. The number of aromatic nitrogens is 2. The number of pyridine rings is 1. The lowest BCUT2D eigenvalue weighted by molar-refractivity contribution is -0.144. The maximum absolute atomic E-state index is 13.9. The number of alkyl halides is 3. The first kappa shape index (κ1) is 29.2. The van der Waals surface area contributed by atoms with E-state index in [4.69, 9.17) is 9.47 Å². The van der Waals surface area contributed by atoms with Crippen molar-refractivity contribution < 1.29 is 37.5 Å². The van der Waals surface area contributed by atoms with Gasteiger partial charge < -0.3 is 24.1 Å². The molecule has 12 heteroatoms. The van der Waals surface area contributed by atoms with Crippen LogP contribution in [0.5, 0.6) is 0 Å². The van der Waals surface area contributed by atoms with E-state index in [-0.39, 0.29) is 29.7 Å². The summed E-state index contributed by atoms with van der Waals surface area (Å²) in [6.07, 6.45) is -3.64. The third-order valence-electron chi connectivity index (χ3n) is 6.02. The zero-order valence-corrected chi connectivity index (χ0v) is 22.8. The number of rotatable bonds is 9. The van der Waals surface area contributed by atoms with E-state index in [0.717, 1.165) is 0 Å². The summed E-state index contributed by atoms with van der Waals surface area (Å²) in [5.41, 5.74) is 1.17. The average Bonchev–Trinajstić information content (AvgIpc) is 3.06. The maximum Gasteiger partial charge on any atom is 0.490 e. The van der Waals surface area contributed by atoms with E-state index in [1.807, 2.05) is 13.8 Å². The largest absolute Gasteiger partial charge is 0.490 e. The normalized spacial score (nSPS) is 13.2. The summed E-state index contributed by atoms with van der Waals surface area (Å²) < 4.78 is 54.3. The molecule has 0 fully saturated rings. The van der Waals surface area contributed by atoms with Crippen LogP contribution < -0.4 is 5.46 Å². The van der Waals surface area contributed by atoms with Crippen molar-refractivity contribution in [1.82, 2.24) is 9.55 Å². The number of esters is 1. The zero-order valence-electron chi connectivity index (χ0n) is 21.2. The minimum Gasteiger partial charge on any atom is -0.465 e. The summed E-state index contributed by atoms with van der Waals surface area (Å²) in [5.74, 6) is -0.458. The Hall–Kier alpha value is -2.41. The molecule has 2 aromatic heterocycles. The summed E-state index contributed by atoms with van der Waals surface area (Å²) >= 11 is 3.43. The van der Waals surface area contributed by atoms with Gasteiger partial charge in [-0.3, -0.25) is 9.78 Å². The number of halogens is 4. The monoisotopic (exact) mass is 584 g/mol. The van der Waals surface area contributed by atoms with Crippen LogP contribution in [0.1, 0.15) is 45.1 Å². The molecular weight excluding hydrogens is 556 g/mol. The molecule has 2 N–H and O–H groups in total. The van der Waals surface area contributed by atoms with Gasteiger partial charge in [-0.1, -0.05) is 29.8 Å². The first-order chi connectivity index (χ1) is 17.1. The third-order valence-corrected chi connectivity index (χ3v) is 6.51. The molecule has 2 heterocycles. The summed E-state index contributed by atoms with van der Waals surface area (Å²) in [7, 11) is -0.423. The minimum atomic E-state index is -4.55. The molecule has 37 heavy (non-hydrogen) atoms. The van der Waals surface area contributed by atoms with Gasteiger partial charge in [-0.15, -0.1) is 0 Å². The summed E-state index contributed by atoms with van der Waals surface area (Å²) in [6.45, 7) is 5.49. The van der Waals surface area contributed by atoms with Crippen molar-refractivity contribution in [2.75, 3.05) is 13.7 Å². The highest BCUT2D eigenvalue weighted by molar-refractivity contribution is 9.10. The molecule has 0 saturated carbocycles. The van der Waals surface area contributed by atoms with E-state index < -0.39 is 37.3 Å². The van der Waals surface area contributed by atoms with Gasteiger partial charge in [-0.25, -0.2) is 0 Å². The van der Waals surface area contributed by atoms with Gasteiger partial charge in [0, 0.05) is 52.0 Å². The van der Waals surface area contributed by atoms with Gasteiger partial charge in [0.1, 0.15) is 6.54 Å². The van der Waals surface area contributed by atoms with Crippen molar-refractivity contribution >= 4 is 45.4 Å². The molecule has 0 aliphatic rings. The number of fused-ring (bicyclic) bond motifs is 1. The minimum absolute atomic E-state index is 0.0252. The molecule has 0 amide bonds. The van der Waals surface area contributed by atoms with Crippen molar-refractivity contribution in [2.24, 2.45) is 5.41 Å². The van der Waals surface area contributed by atoms with Crippen molar-refractivity contribution in [3.05, 3.63) is 46.2 Å². The second-order valence-corrected chi connectivity index (χ2v) is 10.7. The molecule has 0 spiro atoms. The van der Waals surface area contributed by atoms with E-state index in [2.05, 4.69) is 20.9 Å². The number of carbonyl (C=O) groups excluding carboxylic acids is 1. The maximum atomic E-state index is 13.9. The second kappa shape index (κ2) is 11.1. The molecule has 3 aromatic rings. The molecule has 0 aliphatic carbocycles. The van der Waals surface area contributed by atoms with E-state index in [9.17, 15) is 28.0 Å². The lowest BCUT2D eigenvalue weighted by Crippen LogP contribution is -2.31. The van der Waals surface area contributed by atoms with Crippen LogP contribution in [0.15, 0.2) is 34.9 Å². The second-order valence-electron chi connectivity index (χ2n) is 9.76. The molecule has 1 aromatic carbocycles. The van der Waals surface area contributed by atoms with Crippen LogP contribution in [-0.4, -0.2) is 52.6 Å². The van der Waals surface area contributed by atoms with Gasteiger partial charge in [-0.05, 0) is 43.2 Å². The van der Waals surface area contributed by atoms with Crippen molar-refractivity contribution in [3.8, 4) is 11.3 Å². The lowest BCUT2D eigenvalue weighted by atomic mass is 9.79. The van der Waals surface area contributed by atoms with Crippen LogP contribution in [-0.2, 0) is 27.2 Å². The smallest absolute Gasteiger partial charge is 0.465 e. The van der Waals surface area contributed by atoms with E-state index >= 15 is 0 Å². The Morgan fingerprint density at radius 1 is 1.24 bits per heavy atom. The fourth-order valence-electron chi connectivity index (χ4n) is 4.31. The summed E-state index contributed by atoms with van der Waals surface area (Å²) in [6, 6.07) is 6.45. The lowest BCUT2D eigenvalue weighted by Gasteiger charge is -2.26. The van der Waals surface area contributed by atoms with E-state index in [1.54, 1.807) is 25.1 Å². The van der Waals surface area contributed by atoms with Gasteiger partial charge in [0.25, 0.3) is 0 Å². The molecule has 1 atom stereocenters. The number of carbonyl (C=O) groups is 1. The molecule has 7 nitrogen and oxygen atoms in total. The highest BCUT2D eigenvalue weighted by atomic mass is 79.9. The zero-order chi connectivity index (χ0) is 27.7. The van der Waals surface area contributed by atoms with Crippen LogP contribution in [0.4, 0.5) is 13.2 Å². The Balaban J connectivity index is 2.44. The van der Waals surface area contributed by atoms with Crippen molar-refractivity contribution in [3.63, 3.8) is 0 Å². The Labute approximate surface area is 221 Å². The number of hydrogen-bond acceptors (Lipinski definition) is 6. The quantitative estimate of drug-likeness (QED) is 0.283. The first-order valence-electron chi connectivity index (χ1n) is 11.5. The van der Waals surface area contributed by atoms with Crippen LogP contribution in [0.3, 0.4) is 0 Å². The van der Waals surface area contributed by atoms with Crippen LogP contribution >= 0.6 is 15.9 Å². The molecule has 3 rings (SSSR count). The molecule has 0 aliphatic heterocycles. The topological polar surface area (TPSA) is 93.8 Å². The number of ether oxygens (including phenoxy) is 2. The predicted molar refractivity (Wildman–Crippen MR) is 138 cm³/mol. The molecule has 0 bridgehead atoms. The predicted octanol–water partition coefficient (Wildman–Crippen LogP) is 4.55. The Bertz CT molecular complexity index is 1290. The standard InChI is InChI=1S/C25H29BBrF3N2O5/c1-14(36-5)22-19(8-16(11-31-22)26(34)35)23-20(10-24(3,4)13-37-15(2)33)18-9-17(27)6-7-21(18)32(23)12-25(28,29)30/h6-9,11,14,34-35H,10,12-13H2,1-5H3. The van der Waals surface area contributed by atoms with Crippen LogP contribution in [0, 0.1) is 5.41 Å². The van der Waals surface area contributed by atoms with E-state index in [0.29, 0.717) is 26.6 Å². The van der Waals surface area contributed by atoms with Gasteiger partial charge in [0.2, 0.25) is 0 Å². The van der Waals surface area contributed by atoms with Gasteiger partial charge in [0.05, 0.1) is 24.1 Å². The highest BCUT2D eigenvalue weighted by Gasteiger charge is 2.35. The highest BCUT2D eigenvalue weighted by Crippen LogP contribution is 2.42.